The van der Waals surface area contributed by atoms with Gasteiger partial charge in [-0.2, -0.15) is 0 Å². The number of amides is 1. The van der Waals surface area contributed by atoms with E-state index in [1.807, 2.05) is 48.4 Å². The van der Waals surface area contributed by atoms with E-state index >= 15 is 0 Å². The van der Waals surface area contributed by atoms with Crippen LogP contribution in [0.1, 0.15) is 43.3 Å². The number of benzene rings is 1. The number of hydrogen-bond donors (Lipinski definition) is 0. The highest BCUT2D eigenvalue weighted by Gasteiger charge is 2.22. The molecule has 31 heavy (non-hydrogen) atoms. The lowest BCUT2D eigenvalue weighted by Gasteiger charge is -2.24. The average Bonchev–Trinajstić information content (AvgIpc) is 3.39. The second-order valence-electron chi connectivity index (χ2n) is 7.90. The number of carbonyl (C=O) groups is 1. The Balaban J connectivity index is 1.66. The van der Waals surface area contributed by atoms with Gasteiger partial charge in [0.05, 0.1) is 12.1 Å². The molecule has 158 valence electrons. The van der Waals surface area contributed by atoms with Crippen LogP contribution in [0, 0.1) is 20.8 Å². The molecule has 0 fully saturated rings. The SMILES string of the molecule is Cc1ccccc1CN(Cc1cccnc1)C(=O)c1cc(C)n(Cc2cccs2)c1C. The standard InChI is InChI=1S/C26H27N3OS/c1-19-8-4-5-10-23(19)17-28(16-22-9-6-12-27-15-22)26(30)25-14-20(2)29(21(25)3)18-24-11-7-13-31-24/h4-15H,16-18H2,1-3H3. The van der Waals surface area contributed by atoms with Gasteiger partial charge in [0.1, 0.15) is 0 Å². The summed E-state index contributed by atoms with van der Waals surface area (Å²) < 4.78 is 2.23. The van der Waals surface area contributed by atoms with Crippen LogP contribution < -0.4 is 0 Å². The molecule has 0 aliphatic rings. The van der Waals surface area contributed by atoms with Gasteiger partial charge in [-0.1, -0.05) is 36.4 Å². The summed E-state index contributed by atoms with van der Waals surface area (Å²) in [6.45, 7) is 8.09. The first kappa shape index (κ1) is 21.1. The highest BCUT2D eigenvalue weighted by atomic mass is 32.1. The van der Waals surface area contributed by atoms with E-state index < -0.39 is 0 Å². The molecule has 4 rings (SSSR count). The quantitative estimate of drug-likeness (QED) is 0.375. The Labute approximate surface area is 187 Å². The van der Waals surface area contributed by atoms with E-state index in [1.165, 1.54) is 10.4 Å². The van der Waals surface area contributed by atoms with Gasteiger partial charge in [-0.15, -0.1) is 11.3 Å². The zero-order chi connectivity index (χ0) is 21.8. The predicted molar refractivity (Wildman–Crippen MR) is 126 cm³/mol. The molecule has 0 spiro atoms. The fourth-order valence-electron chi connectivity index (χ4n) is 3.89. The van der Waals surface area contributed by atoms with Gasteiger partial charge < -0.3 is 9.47 Å². The molecule has 3 heterocycles. The molecular weight excluding hydrogens is 402 g/mol. The van der Waals surface area contributed by atoms with Crippen LogP contribution in [0.4, 0.5) is 0 Å². The van der Waals surface area contributed by atoms with Crippen molar-refractivity contribution < 1.29 is 4.79 Å². The lowest BCUT2D eigenvalue weighted by molar-refractivity contribution is 0.0729. The van der Waals surface area contributed by atoms with E-state index in [0.29, 0.717) is 13.1 Å². The summed E-state index contributed by atoms with van der Waals surface area (Å²) in [4.78, 5) is 21.2. The molecule has 0 aliphatic carbocycles. The molecule has 4 nitrogen and oxygen atoms in total. The minimum Gasteiger partial charge on any atom is -0.343 e. The maximum Gasteiger partial charge on any atom is 0.256 e. The molecule has 0 N–H and O–H groups in total. The molecule has 5 heteroatoms. The Morgan fingerprint density at radius 2 is 1.87 bits per heavy atom. The van der Waals surface area contributed by atoms with Crippen LogP contribution in [-0.2, 0) is 19.6 Å². The Morgan fingerprint density at radius 3 is 2.58 bits per heavy atom. The molecular formula is C26H27N3OS. The van der Waals surface area contributed by atoms with Crippen molar-refractivity contribution in [2.24, 2.45) is 0 Å². The summed E-state index contributed by atoms with van der Waals surface area (Å²) in [5.74, 6) is 0.0534. The second kappa shape index (κ2) is 9.31. The zero-order valence-corrected chi connectivity index (χ0v) is 19.0. The molecule has 1 aromatic carbocycles. The molecule has 4 aromatic rings. The van der Waals surface area contributed by atoms with Crippen molar-refractivity contribution in [3.8, 4) is 0 Å². The summed E-state index contributed by atoms with van der Waals surface area (Å²) in [6.07, 6.45) is 3.59. The maximum absolute atomic E-state index is 13.7. The summed E-state index contributed by atoms with van der Waals surface area (Å²) in [5, 5.41) is 2.09. The molecule has 0 bridgehead atoms. The van der Waals surface area contributed by atoms with Crippen LogP contribution in [0.25, 0.3) is 0 Å². The summed E-state index contributed by atoms with van der Waals surface area (Å²) in [7, 11) is 0. The smallest absolute Gasteiger partial charge is 0.256 e. The maximum atomic E-state index is 13.7. The minimum atomic E-state index is 0.0534. The first-order valence-electron chi connectivity index (χ1n) is 10.4. The van der Waals surface area contributed by atoms with E-state index in [1.54, 1.807) is 17.5 Å². The zero-order valence-electron chi connectivity index (χ0n) is 18.2. The van der Waals surface area contributed by atoms with E-state index in [0.717, 1.165) is 34.6 Å². The molecule has 0 radical (unpaired) electrons. The number of nitrogens with zero attached hydrogens (tertiary/aromatic N) is 3. The van der Waals surface area contributed by atoms with E-state index in [9.17, 15) is 4.79 Å². The largest absolute Gasteiger partial charge is 0.343 e. The number of carbonyl (C=O) groups excluding carboxylic acids is 1. The second-order valence-corrected chi connectivity index (χ2v) is 8.93. The molecule has 0 saturated heterocycles. The van der Waals surface area contributed by atoms with Gasteiger partial charge in [-0.3, -0.25) is 9.78 Å². The first-order valence-corrected chi connectivity index (χ1v) is 11.3. The van der Waals surface area contributed by atoms with Crippen LogP contribution in [-0.4, -0.2) is 20.4 Å². The Hall–Kier alpha value is -3.18. The van der Waals surface area contributed by atoms with Gasteiger partial charge >= 0.3 is 0 Å². The average molecular weight is 430 g/mol. The third kappa shape index (κ3) is 4.78. The highest BCUT2D eigenvalue weighted by molar-refractivity contribution is 7.09. The normalized spacial score (nSPS) is 10.9. The van der Waals surface area contributed by atoms with E-state index in [2.05, 4.69) is 53.0 Å². The fourth-order valence-corrected chi connectivity index (χ4v) is 4.59. The minimum absolute atomic E-state index is 0.0534. The van der Waals surface area contributed by atoms with Crippen molar-refractivity contribution in [1.82, 2.24) is 14.5 Å². The van der Waals surface area contributed by atoms with Crippen LogP contribution in [0.2, 0.25) is 0 Å². The third-order valence-corrected chi connectivity index (χ3v) is 6.57. The molecule has 0 atom stereocenters. The first-order chi connectivity index (χ1) is 15.0. The van der Waals surface area contributed by atoms with Crippen molar-refractivity contribution >= 4 is 17.2 Å². The van der Waals surface area contributed by atoms with Gasteiger partial charge in [0.25, 0.3) is 5.91 Å². The third-order valence-electron chi connectivity index (χ3n) is 5.70. The number of hydrogen-bond acceptors (Lipinski definition) is 3. The van der Waals surface area contributed by atoms with Crippen molar-refractivity contribution in [3.05, 3.63) is 111 Å². The Kier molecular flexibility index (Phi) is 6.33. The van der Waals surface area contributed by atoms with Crippen molar-refractivity contribution in [2.45, 2.75) is 40.4 Å². The molecule has 1 amide bonds. The molecule has 0 aliphatic heterocycles. The predicted octanol–water partition coefficient (Wildman–Crippen LogP) is 5.76. The molecule has 0 saturated carbocycles. The lowest BCUT2D eigenvalue weighted by Crippen LogP contribution is -2.30. The van der Waals surface area contributed by atoms with E-state index in [4.69, 9.17) is 0 Å². The van der Waals surface area contributed by atoms with Gasteiger partial charge in [0.2, 0.25) is 0 Å². The fraction of sp³-hybridized carbons (Fsp3) is 0.231. The molecule has 3 aromatic heterocycles. The summed E-state index contributed by atoms with van der Waals surface area (Å²) >= 11 is 1.74. The topological polar surface area (TPSA) is 38.1 Å². The van der Waals surface area contributed by atoms with Crippen molar-refractivity contribution in [3.63, 3.8) is 0 Å². The van der Waals surface area contributed by atoms with Gasteiger partial charge in [-0.05, 0) is 61.0 Å². The van der Waals surface area contributed by atoms with Crippen LogP contribution in [0.5, 0.6) is 0 Å². The van der Waals surface area contributed by atoms with Gasteiger partial charge in [0.15, 0.2) is 0 Å². The number of aryl methyl sites for hydroxylation is 2. The van der Waals surface area contributed by atoms with Crippen molar-refractivity contribution in [2.75, 3.05) is 0 Å². The van der Waals surface area contributed by atoms with Crippen LogP contribution >= 0.6 is 11.3 Å². The lowest BCUT2D eigenvalue weighted by atomic mass is 10.1. The summed E-state index contributed by atoms with van der Waals surface area (Å²) in [6, 6.07) is 18.4. The monoisotopic (exact) mass is 429 g/mol. The van der Waals surface area contributed by atoms with Gasteiger partial charge in [-0.25, -0.2) is 0 Å². The number of thiophene rings is 1. The highest BCUT2D eigenvalue weighted by Crippen LogP contribution is 2.23. The van der Waals surface area contributed by atoms with Crippen LogP contribution in [0.3, 0.4) is 0 Å². The van der Waals surface area contributed by atoms with Crippen LogP contribution in [0.15, 0.2) is 72.4 Å². The van der Waals surface area contributed by atoms with Gasteiger partial charge in [0, 0.05) is 41.7 Å². The molecule has 0 unspecified atom stereocenters. The Morgan fingerprint density at radius 1 is 1.03 bits per heavy atom. The Bertz CT molecular complexity index is 1160. The van der Waals surface area contributed by atoms with Crippen molar-refractivity contribution in [1.29, 1.82) is 0 Å². The number of rotatable bonds is 7. The number of pyridine rings is 1. The van der Waals surface area contributed by atoms with E-state index in [-0.39, 0.29) is 5.91 Å². The summed E-state index contributed by atoms with van der Waals surface area (Å²) in [5.41, 5.74) is 6.26. The number of aromatic nitrogens is 2.